The number of nitrogens with two attached hydrogens (primary N) is 4. The van der Waals surface area contributed by atoms with E-state index in [0.717, 1.165) is 10.3 Å². The van der Waals surface area contributed by atoms with Crippen molar-refractivity contribution in [1.29, 1.82) is 0 Å². The molecule has 0 fully saturated rings. The minimum atomic E-state index is 0.195. The van der Waals surface area contributed by atoms with Crippen LogP contribution in [0.4, 0.5) is 0 Å². The lowest BCUT2D eigenvalue weighted by molar-refractivity contribution is -0.0803. The normalized spacial score (nSPS) is 11.3. The number of hydrogen-bond acceptors (Lipinski definition) is 8. The van der Waals surface area contributed by atoms with Gasteiger partial charge in [0.1, 0.15) is 0 Å². The second-order valence-electron chi connectivity index (χ2n) is 1.28. The Morgan fingerprint density at radius 3 is 2.11 bits per heavy atom. The van der Waals surface area contributed by atoms with Gasteiger partial charge in [0, 0.05) is 0 Å². The van der Waals surface area contributed by atoms with Gasteiger partial charge in [0.15, 0.2) is 0 Å². The van der Waals surface area contributed by atoms with Gasteiger partial charge in [-0.2, -0.15) is 5.53 Å². The third-order valence-corrected chi connectivity index (χ3v) is 0.662. The number of hydrogen-bond donors (Lipinski definition) is 6. The van der Waals surface area contributed by atoms with Crippen molar-refractivity contribution in [3.05, 3.63) is 0 Å². The molecule has 0 bridgehead atoms. The van der Waals surface area contributed by atoms with E-state index in [0.29, 0.717) is 0 Å². The smallest absolute Gasteiger partial charge is 0.0933 e. The van der Waals surface area contributed by atoms with E-state index in [9.17, 15) is 0 Å². The zero-order valence-electron chi connectivity index (χ0n) is 4.91. The minimum absolute atomic E-state index is 0.195. The van der Waals surface area contributed by atoms with Gasteiger partial charge in [0.2, 0.25) is 0 Å². The summed E-state index contributed by atoms with van der Waals surface area (Å²) in [5.41, 5.74) is 4.33. The average molecular weight is 136 g/mol. The maximum Gasteiger partial charge on any atom is 0.0933 e. The molecule has 0 saturated heterocycles. The van der Waals surface area contributed by atoms with Gasteiger partial charge in [0.05, 0.1) is 6.67 Å². The second-order valence-corrected chi connectivity index (χ2v) is 1.28. The SMILES string of the molecule is NNCN(N)N(N)NN. The third kappa shape index (κ3) is 3.29. The van der Waals surface area contributed by atoms with Crippen LogP contribution in [0.5, 0.6) is 0 Å². The van der Waals surface area contributed by atoms with Crippen LogP contribution in [0.25, 0.3) is 0 Å². The van der Waals surface area contributed by atoms with Crippen LogP contribution in [0.15, 0.2) is 0 Å². The topological polar surface area (TPSA) is 135 Å². The molecule has 8 nitrogen and oxygen atoms in total. The van der Waals surface area contributed by atoms with Crippen LogP contribution in [0.1, 0.15) is 0 Å². The minimum Gasteiger partial charge on any atom is -0.270 e. The fraction of sp³-hybridized carbons (Fsp3) is 1.00. The van der Waals surface area contributed by atoms with Crippen molar-refractivity contribution in [2.24, 2.45) is 23.4 Å². The second kappa shape index (κ2) is 4.55. The number of hydrazine groups is 6. The van der Waals surface area contributed by atoms with Gasteiger partial charge in [-0.05, 0) is 0 Å². The van der Waals surface area contributed by atoms with Crippen LogP contribution >= 0.6 is 0 Å². The Bertz CT molecular complexity index is 61.6. The lowest BCUT2D eigenvalue weighted by Gasteiger charge is -2.23. The van der Waals surface area contributed by atoms with E-state index in [1.54, 1.807) is 0 Å². The van der Waals surface area contributed by atoms with E-state index in [4.69, 9.17) is 23.4 Å². The highest BCUT2D eigenvalue weighted by Gasteiger charge is 2.00. The molecule has 0 spiro atoms. The molecule has 0 aliphatic carbocycles. The van der Waals surface area contributed by atoms with Crippen molar-refractivity contribution in [2.45, 2.75) is 0 Å². The zero-order valence-corrected chi connectivity index (χ0v) is 4.91. The van der Waals surface area contributed by atoms with Gasteiger partial charge < -0.3 is 0 Å². The number of nitrogens with zero attached hydrogens (tertiary/aromatic N) is 2. The van der Waals surface area contributed by atoms with E-state index in [-0.39, 0.29) is 6.67 Å². The Balaban J connectivity index is 3.32. The summed E-state index contributed by atoms with van der Waals surface area (Å²) < 4.78 is 0. The van der Waals surface area contributed by atoms with Crippen molar-refractivity contribution in [3.8, 4) is 0 Å². The standard InChI is InChI=1S/CH12N8/c2-6-1-8(4)9(5)7-3/h6-7H,1-5H2. The van der Waals surface area contributed by atoms with E-state index >= 15 is 0 Å². The molecule has 0 radical (unpaired) electrons. The summed E-state index contributed by atoms with van der Waals surface area (Å²) in [6.45, 7) is 0.195. The number of rotatable bonds is 4. The Labute approximate surface area is 52.5 Å². The molecule has 0 aliphatic rings. The third-order valence-electron chi connectivity index (χ3n) is 0.662. The lowest BCUT2D eigenvalue weighted by atomic mass is 11.1. The fourth-order valence-electron chi connectivity index (χ4n) is 0.244. The molecule has 0 amide bonds. The molecule has 10 N–H and O–H groups in total. The van der Waals surface area contributed by atoms with Crippen molar-refractivity contribution in [1.82, 2.24) is 21.3 Å². The van der Waals surface area contributed by atoms with Gasteiger partial charge in [-0.1, -0.05) is 5.23 Å². The van der Waals surface area contributed by atoms with Crippen molar-refractivity contribution >= 4 is 0 Å². The molecule has 56 valence electrons. The first-order chi connectivity index (χ1) is 4.22. The molecule has 0 saturated carbocycles. The van der Waals surface area contributed by atoms with Gasteiger partial charge >= 0.3 is 0 Å². The van der Waals surface area contributed by atoms with E-state index in [2.05, 4.69) is 11.0 Å². The Kier molecular flexibility index (Phi) is 4.39. The largest absolute Gasteiger partial charge is 0.270 e. The van der Waals surface area contributed by atoms with Crippen LogP contribution in [0.3, 0.4) is 0 Å². The summed E-state index contributed by atoms with van der Waals surface area (Å²) in [6, 6.07) is 0. The Hall–Kier alpha value is -0.320. The van der Waals surface area contributed by atoms with Gasteiger partial charge in [-0.25, -0.2) is 11.3 Å². The van der Waals surface area contributed by atoms with Gasteiger partial charge in [-0.15, -0.1) is 5.12 Å². The Morgan fingerprint density at radius 1 is 1.22 bits per heavy atom. The van der Waals surface area contributed by atoms with E-state index in [1.165, 1.54) is 0 Å². The first kappa shape index (κ1) is 8.68. The summed E-state index contributed by atoms with van der Waals surface area (Å²) in [4.78, 5) is 0. The summed E-state index contributed by atoms with van der Waals surface area (Å²) in [7, 11) is 0. The summed E-state index contributed by atoms with van der Waals surface area (Å²) >= 11 is 0. The quantitative estimate of drug-likeness (QED) is 0.131. The summed E-state index contributed by atoms with van der Waals surface area (Å²) in [5.74, 6) is 20.1. The van der Waals surface area contributed by atoms with Crippen LogP contribution in [-0.4, -0.2) is 17.0 Å². The highest BCUT2D eigenvalue weighted by molar-refractivity contribution is 4.26. The maximum atomic E-state index is 5.19. The molecule has 0 aliphatic heterocycles. The maximum absolute atomic E-state index is 5.19. The molecule has 0 rings (SSSR count). The lowest BCUT2D eigenvalue weighted by Crippen LogP contribution is -2.63. The summed E-state index contributed by atoms with van der Waals surface area (Å²) in [6.07, 6.45) is 0. The van der Waals surface area contributed by atoms with Crippen molar-refractivity contribution < 1.29 is 0 Å². The van der Waals surface area contributed by atoms with Crippen LogP contribution in [-0.2, 0) is 0 Å². The first-order valence-electron chi connectivity index (χ1n) is 2.19. The highest BCUT2D eigenvalue weighted by Crippen LogP contribution is 1.67. The predicted octanol–water partition coefficient (Wildman–Crippen LogP) is -3.95. The molecule has 9 heavy (non-hydrogen) atoms. The average Bonchev–Trinajstić information content (AvgIpc) is 1.87. The molecule has 0 aromatic heterocycles. The zero-order chi connectivity index (χ0) is 7.28. The molecule has 0 atom stereocenters. The van der Waals surface area contributed by atoms with Crippen LogP contribution in [0, 0.1) is 0 Å². The van der Waals surface area contributed by atoms with E-state index in [1.807, 2.05) is 0 Å². The molecule has 0 aromatic carbocycles. The monoisotopic (exact) mass is 136 g/mol. The van der Waals surface area contributed by atoms with E-state index < -0.39 is 0 Å². The first-order valence-corrected chi connectivity index (χ1v) is 2.19. The molecular formula is CH12N8. The molecule has 8 heteroatoms. The fourth-order valence-corrected chi connectivity index (χ4v) is 0.244. The van der Waals surface area contributed by atoms with Gasteiger partial charge in [0.25, 0.3) is 0 Å². The summed E-state index contributed by atoms with van der Waals surface area (Å²) in [5, 5.41) is 1.92. The highest BCUT2D eigenvalue weighted by atomic mass is 16.0. The molecule has 0 unspecified atom stereocenters. The number of nitrogens with one attached hydrogen (secondary N) is 2. The molecule has 0 heterocycles. The van der Waals surface area contributed by atoms with Crippen molar-refractivity contribution in [2.75, 3.05) is 6.67 Å². The van der Waals surface area contributed by atoms with Crippen molar-refractivity contribution in [3.63, 3.8) is 0 Å². The molecular weight excluding hydrogens is 124 g/mol. The Morgan fingerprint density at radius 2 is 1.78 bits per heavy atom. The molecule has 0 aromatic rings. The van der Waals surface area contributed by atoms with Gasteiger partial charge in [-0.3, -0.25) is 17.5 Å². The predicted molar refractivity (Wildman–Crippen MR) is 31.6 cm³/mol. The van der Waals surface area contributed by atoms with Crippen LogP contribution in [0.2, 0.25) is 0 Å². The van der Waals surface area contributed by atoms with Crippen LogP contribution < -0.4 is 34.3 Å².